The number of benzene rings is 1. The normalized spacial score (nSPS) is 15.2. The van der Waals surface area contributed by atoms with Gasteiger partial charge in [-0.15, -0.1) is 0 Å². The molecule has 1 aromatic carbocycles. The topological polar surface area (TPSA) is 69.4 Å². The van der Waals surface area contributed by atoms with Crippen LogP contribution in [0.1, 0.15) is 22.3 Å². The molecule has 0 atom stereocenters. The minimum absolute atomic E-state index is 0.111. The van der Waals surface area contributed by atoms with Gasteiger partial charge in [0.1, 0.15) is 0 Å². The summed E-state index contributed by atoms with van der Waals surface area (Å²) in [7, 11) is 0. The molecule has 5 nitrogen and oxygen atoms in total. The zero-order chi connectivity index (χ0) is 12.3. The Morgan fingerprint density at radius 3 is 2.82 bits per heavy atom. The molecule has 0 aliphatic carbocycles. The van der Waals surface area contributed by atoms with Crippen LogP contribution in [0.2, 0.25) is 0 Å². The van der Waals surface area contributed by atoms with E-state index in [1.54, 1.807) is 12.1 Å². The van der Waals surface area contributed by atoms with Crippen LogP contribution in [0.15, 0.2) is 24.3 Å². The Morgan fingerprint density at radius 1 is 1.41 bits per heavy atom. The molecule has 0 saturated heterocycles. The van der Waals surface area contributed by atoms with Gasteiger partial charge in [0.25, 0.3) is 5.69 Å². The molecule has 0 amide bonds. The summed E-state index contributed by atoms with van der Waals surface area (Å²) in [6.45, 7) is 1.18. The van der Waals surface area contributed by atoms with Crippen molar-refractivity contribution in [2.75, 3.05) is 13.2 Å². The quantitative estimate of drug-likeness (QED) is 0.456. The largest absolute Gasteiger partial charge is 0.377 e. The predicted molar refractivity (Wildman–Crippen MR) is 61.9 cm³/mol. The fourth-order valence-corrected chi connectivity index (χ4v) is 1.80. The Morgan fingerprint density at radius 2 is 2.24 bits per heavy atom. The van der Waals surface area contributed by atoms with E-state index < -0.39 is 4.92 Å². The maximum atomic E-state index is 10.8. The van der Waals surface area contributed by atoms with Crippen LogP contribution in [0.5, 0.6) is 0 Å². The standard InChI is InChI=1S/C12H11NO4/c14-8-11-7-10(1-2-12(11)13(15)16)9-3-5-17-6-4-9/h1-3,7-8H,4-6H2. The van der Waals surface area contributed by atoms with Crippen LogP contribution in [0.4, 0.5) is 5.69 Å². The maximum Gasteiger partial charge on any atom is 0.279 e. The van der Waals surface area contributed by atoms with Gasteiger partial charge in [-0.2, -0.15) is 0 Å². The van der Waals surface area contributed by atoms with Gasteiger partial charge < -0.3 is 4.74 Å². The number of hydrogen-bond donors (Lipinski definition) is 0. The molecule has 1 aliphatic rings. The number of nitrogens with zero attached hydrogens (tertiary/aromatic N) is 1. The number of hydrogen-bond acceptors (Lipinski definition) is 4. The van der Waals surface area contributed by atoms with Gasteiger partial charge in [-0.3, -0.25) is 14.9 Å². The van der Waals surface area contributed by atoms with E-state index in [9.17, 15) is 14.9 Å². The molecule has 0 spiro atoms. The summed E-state index contributed by atoms with van der Waals surface area (Å²) in [6, 6.07) is 4.60. The van der Waals surface area contributed by atoms with Gasteiger partial charge in [0.2, 0.25) is 0 Å². The van der Waals surface area contributed by atoms with Gasteiger partial charge in [-0.25, -0.2) is 0 Å². The van der Waals surface area contributed by atoms with Crippen LogP contribution < -0.4 is 0 Å². The molecule has 17 heavy (non-hydrogen) atoms. The highest BCUT2D eigenvalue weighted by atomic mass is 16.6. The van der Waals surface area contributed by atoms with Gasteiger partial charge in [-0.05, 0) is 29.7 Å². The molecule has 0 saturated carbocycles. The highest BCUT2D eigenvalue weighted by Crippen LogP contribution is 2.26. The molecular formula is C12H11NO4. The number of carbonyl (C=O) groups excluding carboxylic acids is 1. The third-order valence-electron chi connectivity index (χ3n) is 2.69. The fourth-order valence-electron chi connectivity index (χ4n) is 1.80. The number of nitro benzene ring substituents is 1. The third-order valence-corrected chi connectivity index (χ3v) is 2.69. The Hall–Kier alpha value is -2.01. The lowest BCUT2D eigenvalue weighted by atomic mass is 9.99. The SMILES string of the molecule is O=Cc1cc(C2=CCOCC2)ccc1[N+](=O)[O-]. The summed E-state index contributed by atoms with van der Waals surface area (Å²) >= 11 is 0. The molecule has 2 rings (SSSR count). The monoisotopic (exact) mass is 233 g/mol. The number of rotatable bonds is 3. The zero-order valence-corrected chi connectivity index (χ0v) is 9.09. The first-order valence-electron chi connectivity index (χ1n) is 5.23. The van der Waals surface area contributed by atoms with E-state index >= 15 is 0 Å². The Balaban J connectivity index is 2.40. The van der Waals surface area contributed by atoms with E-state index in [1.807, 2.05) is 6.08 Å². The van der Waals surface area contributed by atoms with E-state index in [1.165, 1.54) is 6.07 Å². The highest BCUT2D eigenvalue weighted by molar-refractivity contribution is 5.84. The minimum atomic E-state index is -0.550. The Labute approximate surface area is 97.9 Å². The molecule has 1 heterocycles. The van der Waals surface area contributed by atoms with E-state index in [2.05, 4.69) is 0 Å². The summed E-state index contributed by atoms with van der Waals surface area (Å²) < 4.78 is 5.19. The van der Waals surface area contributed by atoms with Crippen molar-refractivity contribution in [2.45, 2.75) is 6.42 Å². The minimum Gasteiger partial charge on any atom is -0.377 e. The molecule has 88 valence electrons. The van der Waals surface area contributed by atoms with E-state index in [4.69, 9.17) is 4.74 Å². The van der Waals surface area contributed by atoms with Crippen LogP contribution in [0.25, 0.3) is 5.57 Å². The molecule has 0 aromatic heterocycles. The number of ether oxygens (including phenoxy) is 1. The second-order valence-corrected chi connectivity index (χ2v) is 3.70. The zero-order valence-electron chi connectivity index (χ0n) is 9.09. The van der Waals surface area contributed by atoms with E-state index in [0.29, 0.717) is 19.5 Å². The second-order valence-electron chi connectivity index (χ2n) is 3.70. The number of carbonyl (C=O) groups is 1. The molecule has 0 bridgehead atoms. The first-order chi connectivity index (χ1) is 8.22. The van der Waals surface area contributed by atoms with Crippen molar-refractivity contribution in [3.8, 4) is 0 Å². The molecular weight excluding hydrogens is 222 g/mol. The average Bonchev–Trinajstić information content (AvgIpc) is 2.39. The fraction of sp³-hybridized carbons (Fsp3) is 0.250. The molecule has 0 unspecified atom stereocenters. The van der Waals surface area contributed by atoms with Crippen molar-refractivity contribution in [2.24, 2.45) is 0 Å². The summed E-state index contributed by atoms with van der Waals surface area (Å²) in [6.07, 6.45) is 3.21. The van der Waals surface area contributed by atoms with Crippen LogP contribution in [0.3, 0.4) is 0 Å². The van der Waals surface area contributed by atoms with Gasteiger partial charge >= 0.3 is 0 Å². The van der Waals surface area contributed by atoms with Crippen molar-refractivity contribution in [1.29, 1.82) is 0 Å². The lowest BCUT2D eigenvalue weighted by Gasteiger charge is -2.13. The molecule has 1 aromatic rings. The number of aldehydes is 1. The van der Waals surface area contributed by atoms with Gasteiger partial charge in [0.15, 0.2) is 6.29 Å². The second kappa shape index (κ2) is 4.88. The number of nitro groups is 1. The van der Waals surface area contributed by atoms with E-state index in [0.717, 1.165) is 17.6 Å². The predicted octanol–water partition coefficient (Wildman–Crippen LogP) is 2.21. The van der Waals surface area contributed by atoms with Crippen molar-refractivity contribution in [3.05, 3.63) is 45.5 Å². The molecule has 0 radical (unpaired) electrons. The van der Waals surface area contributed by atoms with Gasteiger partial charge in [0.05, 0.1) is 23.7 Å². The summed E-state index contributed by atoms with van der Waals surface area (Å²) in [5, 5.41) is 10.7. The summed E-state index contributed by atoms with van der Waals surface area (Å²) in [5.41, 5.74) is 1.87. The Bertz CT molecular complexity index is 493. The van der Waals surface area contributed by atoms with Crippen LogP contribution >= 0.6 is 0 Å². The smallest absolute Gasteiger partial charge is 0.279 e. The maximum absolute atomic E-state index is 10.8. The van der Waals surface area contributed by atoms with Crippen LogP contribution in [-0.4, -0.2) is 24.4 Å². The summed E-state index contributed by atoms with van der Waals surface area (Å²) in [4.78, 5) is 20.9. The third kappa shape index (κ3) is 2.39. The highest BCUT2D eigenvalue weighted by Gasteiger charge is 2.15. The Kier molecular flexibility index (Phi) is 3.30. The average molecular weight is 233 g/mol. The van der Waals surface area contributed by atoms with Crippen LogP contribution in [-0.2, 0) is 4.74 Å². The van der Waals surface area contributed by atoms with Crippen molar-refractivity contribution in [3.63, 3.8) is 0 Å². The molecule has 0 N–H and O–H groups in total. The molecule has 1 aliphatic heterocycles. The van der Waals surface area contributed by atoms with Crippen LogP contribution in [0, 0.1) is 10.1 Å². The van der Waals surface area contributed by atoms with Gasteiger partial charge in [-0.1, -0.05) is 6.08 Å². The van der Waals surface area contributed by atoms with Crippen molar-refractivity contribution < 1.29 is 14.5 Å². The van der Waals surface area contributed by atoms with Crippen molar-refractivity contribution >= 4 is 17.5 Å². The molecule has 5 heteroatoms. The lowest BCUT2D eigenvalue weighted by molar-refractivity contribution is -0.385. The van der Waals surface area contributed by atoms with Crippen molar-refractivity contribution in [1.82, 2.24) is 0 Å². The molecule has 0 fully saturated rings. The lowest BCUT2D eigenvalue weighted by Crippen LogP contribution is -2.04. The van der Waals surface area contributed by atoms with E-state index in [-0.39, 0.29) is 11.3 Å². The first-order valence-corrected chi connectivity index (χ1v) is 5.23. The first kappa shape index (κ1) is 11.5. The summed E-state index contributed by atoms with van der Waals surface area (Å²) in [5.74, 6) is 0. The van der Waals surface area contributed by atoms with Gasteiger partial charge in [0, 0.05) is 6.07 Å².